The molecule has 180 valence electrons. The molecule has 2 heterocycles. The molecule has 0 atom stereocenters. The minimum atomic E-state index is -3.55. The van der Waals surface area contributed by atoms with Crippen LogP contribution in [0.1, 0.15) is 46.6 Å². The van der Waals surface area contributed by atoms with Crippen LogP contribution in [0.5, 0.6) is 0 Å². The molecular formula is C25H30N4O3S2. The third-order valence-electron chi connectivity index (χ3n) is 6.13. The normalized spacial score (nSPS) is 14.8. The highest BCUT2D eigenvalue weighted by Crippen LogP contribution is 2.27. The molecule has 1 aliphatic heterocycles. The molecular weight excluding hydrogens is 468 g/mol. The number of aryl methyl sites for hydroxylation is 1. The summed E-state index contributed by atoms with van der Waals surface area (Å²) in [7, 11) is -3.55. The van der Waals surface area contributed by atoms with Gasteiger partial charge in [-0.2, -0.15) is 9.40 Å². The first-order valence-corrected chi connectivity index (χ1v) is 14.0. The van der Waals surface area contributed by atoms with Crippen LogP contribution in [0.2, 0.25) is 0 Å². The number of hydrogen-bond donors (Lipinski definition) is 1. The van der Waals surface area contributed by atoms with E-state index in [0.29, 0.717) is 41.5 Å². The lowest BCUT2D eigenvalue weighted by atomic mass is 10.1. The Morgan fingerprint density at radius 2 is 1.71 bits per heavy atom. The number of carbonyl (C=O) groups excluding carboxylic acids is 1. The van der Waals surface area contributed by atoms with Gasteiger partial charge in [-0.1, -0.05) is 30.7 Å². The molecule has 1 amide bonds. The molecule has 1 aliphatic rings. The average Bonchev–Trinajstić information content (AvgIpc) is 3.13. The van der Waals surface area contributed by atoms with Crippen molar-refractivity contribution in [1.82, 2.24) is 14.1 Å². The van der Waals surface area contributed by atoms with Gasteiger partial charge in [-0.15, -0.1) is 11.8 Å². The van der Waals surface area contributed by atoms with Crippen LogP contribution in [0.15, 0.2) is 58.3 Å². The highest BCUT2D eigenvalue weighted by atomic mass is 32.2. The van der Waals surface area contributed by atoms with Gasteiger partial charge in [0, 0.05) is 23.5 Å². The number of nitrogens with one attached hydrogen (secondary N) is 1. The van der Waals surface area contributed by atoms with Crippen molar-refractivity contribution >= 4 is 33.4 Å². The summed E-state index contributed by atoms with van der Waals surface area (Å²) >= 11 is 1.58. The van der Waals surface area contributed by atoms with Crippen molar-refractivity contribution in [2.45, 2.75) is 49.4 Å². The number of rotatable bonds is 7. The number of benzene rings is 2. The van der Waals surface area contributed by atoms with Gasteiger partial charge in [-0.05, 0) is 62.8 Å². The summed E-state index contributed by atoms with van der Waals surface area (Å²) < 4.78 is 29.8. The molecule has 1 fully saturated rings. The second-order valence-corrected chi connectivity index (χ2v) is 11.2. The van der Waals surface area contributed by atoms with Crippen LogP contribution in [-0.2, 0) is 16.6 Å². The van der Waals surface area contributed by atoms with E-state index in [0.717, 1.165) is 35.4 Å². The number of piperidine rings is 1. The van der Waals surface area contributed by atoms with Gasteiger partial charge in [0.25, 0.3) is 5.91 Å². The third kappa shape index (κ3) is 5.06. The van der Waals surface area contributed by atoms with Gasteiger partial charge in [0.05, 0.1) is 23.6 Å². The lowest BCUT2D eigenvalue weighted by Crippen LogP contribution is -2.36. The van der Waals surface area contributed by atoms with Crippen LogP contribution in [0.25, 0.3) is 0 Å². The Labute approximate surface area is 205 Å². The maximum absolute atomic E-state index is 13.2. The largest absolute Gasteiger partial charge is 0.321 e. The first-order valence-electron chi connectivity index (χ1n) is 11.4. The predicted octanol–water partition coefficient (Wildman–Crippen LogP) is 4.70. The van der Waals surface area contributed by atoms with Crippen LogP contribution in [-0.4, -0.2) is 47.8 Å². The van der Waals surface area contributed by atoms with Crippen molar-refractivity contribution in [2.24, 2.45) is 0 Å². The zero-order valence-corrected chi connectivity index (χ0v) is 21.4. The minimum absolute atomic E-state index is 0.172. The zero-order valence-electron chi connectivity index (χ0n) is 19.7. The average molecular weight is 499 g/mol. The molecule has 1 N–H and O–H groups in total. The fourth-order valence-electron chi connectivity index (χ4n) is 4.32. The lowest BCUT2D eigenvalue weighted by molar-refractivity contribution is 0.102. The van der Waals surface area contributed by atoms with Crippen molar-refractivity contribution < 1.29 is 13.2 Å². The number of amides is 1. The van der Waals surface area contributed by atoms with E-state index in [-0.39, 0.29) is 5.91 Å². The molecule has 1 saturated heterocycles. The SMILES string of the molecule is CSc1ccccc1NC(=O)c1ccc(Cn2nc(C)c(S(=O)(=O)N3CCCCC3)c2C)cc1. The maximum atomic E-state index is 13.2. The van der Waals surface area contributed by atoms with E-state index < -0.39 is 10.0 Å². The Bertz CT molecular complexity index is 1280. The number of sulfonamides is 1. The van der Waals surface area contributed by atoms with E-state index in [1.165, 1.54) is 0 Å². The second kappa shape index (κ2) is 10.3. The van der Waals surface area contributed by atoms with Crippen LogP contribution < -0.4 is 5.32 Å². The number of aromatic nitrogens is 2. The Balaban J connectivity index is 1.50. The predicted molar refractivity (Wildman–Crippen MR) is 136 cm³/mol. The van der Waals surface area contributed by atoms with E-state index in [1.54, 1.807) is 39.8 Å². The Morgan fingerprint density at radius 1 is 1.03 bits per heavy atom. The Kier molecular flexibility index (Phi) is 7.45. The first-order chi connectivity index (χ1) is 16.3. The molecule has 0 saturated carbocycles. The molecule has 34 heavy (non-hydrogen) atoms. The van der Waals surface area contributed by atoms with E-state index in [1.807, 2.05) is 49.6 Å². The fourth-order valence-corrected chi connectivity index (χ4v) is 6.76. The molecule has 7 nitrogen and oxygen atoms in total. The Hall–Kier alpha value is -2.62. The van der Waals surface area contributed by atoms with Crippen molar-refractivity contribution in [1.29, 1.82) is 0 Å². The smallest absolute Gasteiger partial charge is 0.255 e. The number of nitrogens with zero attached hydrogens (tertiary/aromatic N) is 3. The fraction of sp³-hybridized carbons (Fsp3) is 0.360. The minimum Gasteiger partial charge on any atom is -0.321 e. The third-order valence-corrected chi connectivity index (χ3v) is 9.08. The van der Waals surface area contributed by atoms with E-state index >= 15 is 0 Å². The van der Waals surface area contributed by atoms with Gasteiger partial charge < -0.3 is 5.32 Å². The van der Waals surface area contributed by atoms with Crippen molar-refractivity contribution in [3.8, 4) is 0 Å². The summed E-state index contributed by atoms with van der Waals surface area (Å²) in [6.45, 7) is 5.12. The summed E-state index contributed by atoms with van der Waals surface area (Å²) in [5.74, 6) is -0.172. The standard InChI is InChI=1S/C25H30N4O3S2/c1-18-24(34(31,32)28-15-7-4-8-16-28)19(2)29(27-18)17-20-11-13-21(14-12-20)25(30)26-22-9-5-6-10-23(22)33-3/h5-6,9-14H,4,7-8,15-17H2,1-3H3,(H,26,30). The molecule has 0 unspecified atom stereocenters. The van der Waals surface area contributed by atoms with Crippen molar-refractivity contribution in [3.05, 3.63) is 71.0 Å². The number of para-hydroxylation sites is 1. The van der Waals surface area contributed by atoms with Crippen LogP contribution in [0.4, 0.5) is 5.69 Å². The van der Waals surface area contributed by atoms with Crippen LogP contribution >= 0.6 is 11.8 Å². The summed E-state index contributed by atoms with van der Waals surface area (Å²) in [5, 5.41) is 7.49. The van der Waals surface area contributed by atoms with Crippen LogP contribution in [0, 0.1) is 13.8 Å². The van der Waals surface area contributed by atoms with Gasteiger partial charge in [0.2, 0.25) is 10.0 Å². The van der Waals surface area contributed by atoms with Gasteiger partial charge in [0.1, 0.15) is 4.90 Å². The molecule has 3 aromatic rings. The summed E-state index contributed by atoms with van der Waals surface area (Å²) in [6.07, 6.45) is 4.84. The second-order valence-electron chi connectivity index (χ2n) is 8.47. The van der Waals surface area contributed by atoms with Gasteiger partial charge >= 0.3 is 0 Å². The zero-order chi connectivity index (χ0) is 24.3. The highest BCUT2D eigenvalue weighted by Gasteiger charge is 2.31. The lowest BCUT2D eigenvalue weighted by Gasteiger charge is -2.26. The molecule has 1 aromatic heterocycles. The maximum Gasteiger partial charge on any atom is 0.255 e. The molecule has 9 heteroatoms. The van der Waals surface area contributed by atoms with Crippen molar-refractivity contribution in [3.63, 3.8) is 0 Å². The number of carbonyl (C=O) groups is 1. The highest BCUT2D eigenvalue weighted by molar-refractivity contribution is 7.98. The topological polar surface area (TPSA) is 84.3 Å². The van der Waals surface area contributed by atoms with Gasteiger partial charge in [0.15, 0.2) is 0 Å². The summed E-state index contributed by atoms with van der Waals surface area (Å²) in [4.78, 5) is 14.0. The number of anilines is 1. The van der Waals surface area contributed by atoms with Crippen molar-refractivity contribution in [2.75, 3.05) is 24.7 Å². The summed E-state index contributed by atoms with van der Waals surface area (Å²) in [6, 6.07) is 15.0. The number of thioether (sulfide) groups is 1. The summed E-state index contributed by atoms with van der Waals surface area (Å²) in [5.41, 5.74) is 3.44. The molecule has 0 aliphatic carbocycles. The molecule has 0 radical (unpaired) electrons. The molecule has 2 aromatic carbocycles. The van der Waals surface area contributed by atoms with E-state index in [4.69, 9.17) is 0 Å². The molecule has 0 bridgehead atoms. The van der Waals surface area contributed by atoms with E-state index in [9.17, 15) is 13.2 Å². The molecule has 4 rings (SSSR count). The van der Waals surface area contributed by atoms with Gasteiger partial charge in [-0.3, -0.25) is 9.48 Å². The Morgan fingerprint density at radius 3 is 2.38 bits per heavy atom. The first kappa shape index (κ1) is 24.5. The molecule has 0 spiro atoms. The van der Waals surface area contributed by atoms with Gasteiger partial charge in [-0.25, -0.2) is 8.42 Å². The van der Waals surface area contributed by atoms with E-state index in [2.05, 4.69) is 10.4 Å². The monoisotopic (exact) mass is 498 g/mol. The van der Waals surface area contributed by atoms with Crippen LogP contribution in [0.3, 0.4) is 0 Å². The number of hydrogen-bond acceptors (Lipinski definition) is 5. The quantitative estimate of drug-likeness (QED) is 0.478.